The Hall–Kier alpha value is -3.53. The molecule has 1 spiro atoms. The van der Waals surface area contributed by atoms with Crippen molar-refractivity contribution in [3.8, 4) is 17.6 Å². The summed E-state index contributed by atoms with van der Waals surface area (Å²) in [6, 6.07) is 2.91. The van der Waals surface area contributed by atoms with Crippen molar-refractivity contribution >= 4 is 33.2 Å². The first-order valence-electron chi connectivity index (χ1n) is 15.9. The summed E-state index contributed by atoms with van der Waals surface area (Å²) >= 11 is 1.55. The fourth-order valence-corrected chi connectivity index (χ4v) is 9.74. The van der Waals surface area contributed by atoms with E-state index in [2.05, 4.69) is 41.4 Å². The Morgan fingerprint density at radius 2 is 2.02 bits per heavy atom. The first kappa shape index (κ1) is 28.0. The van der Waals surface area contributed by atoms with E-state index in [9.17, 15) is 10.4 Å². The summed E-state index contributed by atoms with van der Waals surface area (Å²) < 4.78 is 8.37. The molecule has 2 aliphatic heterocycles. The summed E-state index contributed by atoms with van der Waals surface area (Å²) in [6.07, 6.45) is 10.6. The van der Waals surface area contributed by atoms with Crippen molar-refractivity contribution in [1.29, 1.82) is 5.26 Å². The third-order valence-corrected chi connectivity index (χ3v) is 12.2. The van der Waals surface area contributed by atoms with Crippen LogP contribution in [0.5, 0.6) is 0 Å². The maximum absolute atomic E-state index is 10.3. The number of aliphatic hydroxyl groups excluding tert-OH is 1. The second-order valence-corrected chi connectivity index (χ2v) is 14.7. The van der Waals surface area contributed by atoms with Crippen LogP contribution in [-0.4, -0.2) is 73.2 Å². The van der Waals surface area contributed by atoms with Gasteiger partial charge in [0.2, 0.25) is 0 Å². The minimum atomic E-state index is -0.408. The Labute approximate surface area is 260 Å². The van der Waals surface area contributed by atoms with Gasteiger partial charge < -0.3 is 25.2 Å². The lowest BCUT2D eigenvalue weighted by Gasteiger charge is -2.50. The number of nitrogens with zero attached hydrogens (tertiary/aromatic N) is 8. The summed E-state index contributed by atoms with van der Waals surface area (Å²) in [7, 11) is 2.19. The highest BCUT2D eigenvalue weighted by molar-refractivity contribution is 7.16. The van der Waals surface area contributed by atoms with Gasteiger partial charge in [0.25, 0.3) is 0 Å². The lowest BCUT2D eigenvalue weighted by atomic mass is 9.63. The number of aliphatic hydroxyl groups is 1. The quantitative estimate of drug-likeness (QED) is 0.328. The van der Waals surface area contributed by atoms with E-state index in [-0.39, 0.29) is 12.6 Å². The van der Waals surface area contributed by atoms with E-state index in [1.807, 2.05) is 6.20 Å². The Morgan fingerprint density at radius 1 is 1.20 bits per heavy atom. The molecule has 0 bridgehead atoms. The molecule has 44 heavy (non-hydrogen) atoms. The van der Waals surface area contributed by atoms with Gasteiger partial charge in [-0.25, -0.2) is 14.6 Å². The van der Waals surface area contributed by atoms with Crippen molar-refractivity contribution in [2.75, 3.05) is 37.4 Å². The number of likely N-dealkylation sites (N-methyl/N-ethyl adjacent to an activating group) is 1. The number of likely N-dealkylation sites (tertiary alicyclic amines) is 1. The standard InChI is InChI=1S/C32H39N9O2S/c1-18(22-8-6-13-39(22)3)41-30-21(16-35-41)29(40-14-12-31(40,2)17-42)36-28(37-30)25-19-7-4-10-32(26(19)43-38-25)11-5-9-23-24(32)20(15-33)27(34)44-23/h16,18,22,42H,4-14,17,34H2,1-3H3/t18-,22-,31-,32-/m0/s1. The van der Waals surface area contributed by atoms with E-state index in [1.54, 1.807) is 11.3 Å². The van der Waals surface area contributed by atoms with Crippen LogP contribution in [0.2, 0.25) is 0 Å². The zero-order valence-electron chi connectivity index (χ0n) is 25.6. The molecule has 11 nitrogen and oxygen atoms in total. The van der Waals surface area contributed by atoms with Crippen LogP contribution in [-0.2, 0) is 18.3 Å². The van der Waals surface area contributed by atoms with E-state index < -0.39 is 11.0 Å². The predicted octanol–water partition coefficient (Wildman–Crippen LogP) is 4.57. The predicted molar refractivity (Wildman–Crippen MR) is 169 cm³/mol. The van der Waals surface area contributed by atoms with Crippen LogP contribution >= 0.6 is 11.3 Å². The molecule has 4 aromatic rings. The number of nitriles is 1. The monoisotopic (exact) mass is 613 g/mol. The normalized spacial score (nSPS) is 27.3. The van der Waals surface area contributed by atoms with Crippen LogP contribution in [0.15, 0.2) is 10.7 Å². The molecule has 2 saturated heterocycles. The third-order valence-electron chi connectivity index (χ3n) is 11.1. The maximum atomic E-state index is 10.3. The minimum Gasteiger partial charge on any atom is -0.394 e. The number of nitrogens with two attached hydrogens (primary N) is 1. The molecule has 4 aromatic heterocycles. The van der Waals surface area contributed by atoms with Gasteiger partial charge >= 0.3 is 0 Å². The number of nitrogen functional groups attached to an aromatic ring is 1. The fourth-order valence-electron chi connectivity index (χ4n) is 8.58. The number of aryl methyl sites for hydroxylation is 1. The molecule has 0 unspecified atom stereocenters. The summed E-state index contributed by atoms with van der Waals surface area (Å²) in [5, 5.41) is 31.5. The average Bonchev–Trinajstić information content (AvgIpc) is 3.81. The Kier molecular flexibility index (Phi) is 6.35. The molecule has 2 fully saturated rings. The van der Waals surface area contributed by atoms with Gasteiger partial charge in [0.05, 0.1) is 40.7 Å². The molecule has 3 N–H and O–H groups in total. The van der Waals surface area contributed by atoms with Gasteiger partial charge in [0, 0.05) is 23.0 Å². The molecule has 2 aliphatic carbocycles. The second kappa shape index (κ2) is 9.99. The number of hydrogen-bond donors (Lipinski definition) is 2. The Bertz CT molecular complexity index is 1810. The third kappa shape index (κ3) is 3.78. The van der Waals surface area contributed by atoms with Gasteiger partial charge in [0.1, 0.15) is 16.9 Å². The van der Waals surface area contributed by atoms with Gasteiger partial charge in [0.15, 0.2) is 22.9 Å². The topological polar surface area (TPSA) is 146 Å². The van der Waals surface area contributed by atoms with Crippen molar-refractivity contribution in [3.05, 3.63) is 33.5 Å². The van der Waals surface area contributed by atoms with Crippen LogP contribution < -0.4 is 10.6 Å². The first-order chi connectivity index (χ1) is 21.3. The van der Waals surface area contributed by atoms with Crippen molar-refractivity contribution in [3.63, 3.8) is 0 Å². The summed E-state index contributed by atoms with van der Waals surface area (Å²) in [5.41, 5.74) is 9.71. The molecule has 6 heterocycles. The Morgan fingerprint density at radius 3 is 2.73 bits per heavy atom. The van der Waals surface area contributed by atoms with Crippen LogP contribution in [0.4, 0.5) is 10.8 Å². The van der Waals surface area contributed by atoms with Gasteiger partial charge in [-0.05, 0) is 90.8 Å². The molecule has 230 valence electrons. The van der Waals surface area contributed by atoms with Gasteiger partial charge in [-0.2, -0.15) is 10.4 Å². The van der Waals surface area contributed by atoms with Gasteiger partial charge in [-0.3, -0.25) is 0 Å². The number of rotatable bonds is 5. The Balaban J connectivity index is 1.30. The highest BCUT2D eigenvalue weighted by Crippen LogP contribution is 2.55. The number of fused-ring (bicyclic) bond motifs is 5. The van der Waals surface area contributed by atoms with Crippen molar-refractivity contribution in [1.82, 2.24) is 29.8 Å². The zero-order valence-corrected chi connectivity index (χ0v) is 26.5. The van der Waals surface area contributed by atoms with E-state index in [0.29, 0.717) is 28.1 Å². The molecular weight excluding hydrogens is 574 g/mol. The molecule has 0 radical (unpaired) electrons. The van der Waals surface area contributed by atoms with Crippen LogP contribution in [0.3, 0.4) is 0 Å². The van der Waals surface area contributed by atoms with Crippen LogP contribution in [0.25, 0.3) is 22.6 Å². The summed E-state index contributed by atoms with van der Waals surface area (Å²) in [4.78, 5) is 16.2. The molecule has 4 aliphatic rings. The number of anilines is 2. The SMILES string of the molecule is C[C@@H]([C@@H]1CCCN1C)n1ncc2c(N3CC[C@@]3(C)CO)nc(-c3noc4c3CCC[C@@]43CCCc4sc(N)c(C#N)c43)nc21. The fraction of sp³-hybridized carbons (Fsp3) is 0.594. The van der Waals surface area contributed by atoms with E-state index in [4.69, 9.17) is 30.5 Å². The molecule has 0 saturated carbocycles. The van der Waals surface area contributed by atoms with Crippen molar-refractivity contribution < 1.29 is 9.63 Å². The summed E-state index contributed by atoms with van der Waals surface area (Å²) in [5.74, 6) is 2.15. The second-order valence-electron chi connectivity index (χ2n) is 13.6. The molecular formula is C32H39N9O2S. The maximum Gasteiger partial charge on any atom is 0.186 e. The molecule has 0 amide bonds. The van der Waals surface area contributed by atoms with Gasteiger partial charge in [-0.1, -0.05) is 5.16 Å². The highest BCUT2D eigenvalue weighted by Gasteiger charge is 2.49. The number of hydrogen-bond acceptors (Lipinski definition) is 11. The largest absolute Gasteiger partial charge is 0.394 e. The smallest absolute Gasteiger partial charge is 0.186 e. The number of aromatic nitrogens is 5. The van der Waals surface area contributed by atoms with Crippen molar-refractivity contribution in [2.24, 2.45) is 0 Å². The summed E-state index contributed by atoms with van der Waals surface area (Å²) in [6.45, 7) is 6.23. The average molecular weight is 614 g/mol. The van der Waals surface area contributed by atoms with Crippen molar-refractivity contribution in [2.45, 2.75) is 94.7 Å². The van der Waals surface area contributed by atoms with E-state index >= 15 is 0 Å². The minimum absolute atomic E-state index is 0.0421. The molecule has 12 heteroatoms. The van der Waals surface area contributed by atoms with Gasteiger partial charge in [-0.15, -0.1) is 11.3 Å². The van der Waals surface area contributed by atoms with E-state index in [0.717, 1.165) is 98.2 Å². The van der Waals surface area contributed by atoms with E-state index in [1.165, 1.54) is 11.3 Å². The molecule has 0 aromatic carbocycles. The molecule has 8 rings (SSSR count). The first-order valence-corrected chi connectivity index (χ1v) is 16.8. The lowest BCUT2D eigenvalue weighted by Crippen LogP contribution is -2.61. The van der Waals surface area contributed by atoms with Crippen LogP contribution in [0, 0.1) is 11.3 Å². The lowest BCUT2D eigenvalue weighted by molar-refractivity contribution is 0.153. The highest BCUT2D eigenvalue weighted by atomic mass is 32.1. The zero-order chi connectivity index (χ0) is 30.4. The number of thiophene rings is 1. The molecule has 4 atom stereocenters. The van der Waals surface area contributed by atoms with Crippen LogP contribution in [0.1, 0.15) is 92.2 Å².